The molecule has 3 nitrogen and oxygen atoms in total. The maximum Gasteiger partial charge on any atom is 0.150 e. The molecule has 0 aliphatic carbocycles. The highest BCUT2D eigenvalue weighted by molar-refractivity contribution is 5.78. The van der Waals surface area contributed by atoms with Crippen LogP contribution < -0.4 is 0 Å². The van der Waals surface area contributed by atoms with E-state index in [9.17, 15) is 9.18 Å². The Bertz CT molecular complexity index is 808. The molecule has 0 saturated heterocycles. The van der Waals surface area contributed by atoms with Gasteiger partial charge in [-0.15, -0.1) is 0 Å². The second kappa shape index (κ2) is 5.48. The van der Waals surface area contributed by atoms with Crippen molar-refractivity contribution < 1.29 is 9.18 Å². The minimum atomic E-state index is -0.398. The summed E-state index contributed by atoms with van der Waals surface area (Å²) >= 11 is 0. The molecule has 0 atom stereocenters. The Labute approximate surface area is 122 Å². The van der Waals surface area contributed by atoms with Crippen molar-refractivity contribution in [2.75, 3.05) is 0 Å². The van der Waals surface area contributed by atoms with Crippen LogP contribution in [0.25, 0.3) is 11.0 Å². The van der Waals surface area contributed by atoms with Crippen LogP contribution in [0, 0.1) is 5.82 Å². The number of para-hydroxylation sites is 2. The van der Waals surface area contributed by atoms with E-state index in [1.165, 1.54) is 12.1 Å². The van der Waals surface area contributed by atoms with Gasteiger partial charge in [0.1, 0.15) is 17.9 Å². The molecular weight excluding hydrogens is 267 g/mol. The summed E-state index contributed by atoms with van der Waals surface area (Å²) in [6.45, 7) is 2.86. The van der Waals surface area contributed by atoms with E-state index in [1.54, 1.807) is 6.07 Å². The number of rotatable bonds is 4. The van der Waals surface area contributed by atoms with Gasteiger partial charge in [0.15, 0.2) is 0 Å². The Morgan fingerprint density at radius 2 is 2.05 bits per heavy atom. The van der Waals surface area contributed by atoms with Crippen LogP contribution >= 0.6 is 0 Å². The quantitative estimate of drug-likeness (QED) is 0.685. The van der Waals surface area contributed by atoms with Gasteiger partial charge < -0.3 is 4.57 Å². The lowest BCUT2D eigenvalue weighted by Crippen LogP contribution is -2.04. The molecule has 0 saturated carbocycles. The van der Waals surface area contributed by atoms with E-state index in [1.807, 2.05) is 24.3 Å². The van der Waals surface area contributed by atoms with Gasteiger partial charge in [-0.05, 0) is 36.8 Å². The number of hydrogen-bond acceptors (Lipinski definition) is 2. The van der Waals surface area contributed by atoms with E-state index in [0.29, 0.717) is 18.3 Å². The molecule has 0 aliphatic rings. The van der Waals surface area contributed by atoms with Gasteiger partial charge in [-0.3, -0.25) is 4.79 Å². The standard InChI is InChI=1S/C17H15FN2O/c1-2-20-16-6-4-3-5-15(16)19-17(20)10-12-7-8-14(18)9-13(12)11-21/h3-9,11H,2,10H2,1H3. The summed E-state index contributed by atoms with van der Waals surface area (Å²) in [5, 5.41) is 0. The van der Waals surface area contributed by atoms with E-state index >= 15 is 0 Å². The summed E-state index contributed by atoms with van der Waals surface area (Å²) in [5.41, 5.74) is 3.18. The molecule has 2 aromatic carbocycles. The fourth-order valence-electron chi connectivity index (χ4n) is 2.62. The van der Waals surface area contributed by atoms with Crippen LogP contribution in [0.15, 0.2) is 42.5 Å². The molecule has 0 unspecified atom stereocenters. The third-order valence-corrected chi connectivity index (χ3v) is 3.63. The molecule has 4 heteroatoms. The fourth-order valence-corrected chi connectivity index (χ4v) is 2.62. The van der Waals surface area contributed by atoms with Crippen LogP contribution in [0.3, 0.4) is 0 Å². The zero-order valence-electron chi connectivity index (χ0n) is 11.7. The molecule has 21 heavy (non-hydrogen) atoms. The number of imidazole rings is 1. The summed E-state index contributed by atoms with van der Waals surface area (Å²) < 4.78 is 15.3. The van der Waals surface area contributed by atoms with Crippen molar-refractivity contribution >= 4 is 17.3 Å². The summed E-state index contributed by atoms with van der Waals surface area (Å²) in [7, 11) is 0. The van der Waals surface area contributed by atoms with Gasteiger partial charge in [0.2, 0.25) is 0 Å². The Balaban J connectivity index is 2.08. The molecule has 106 valence electrons. The monoisotopic (exact) mass is 282 g/mol. The Kier molecular flexibility index (Phi) is 3.52. The lowest BCUT2D eigenvalue weighted by molar-refractivity contribution is 0.112. The highest BCUT2D eigenvalue weighted by atomic mass is 19.1. The zero-order chi connectivity index (χ0) is 14.8. The van der Waals surface area contributed by atoms with Crippen molar-refractivity contribution in [3.63, 3.8) is 0 Å². The number of carbonyl (C=O) groups excluding carboxylic acids is 1. The number of hydrogen-bond donors (Lipinski definition) is 0. The summed E-state index contributed by atoms with van der Waals surface area (Å²) in [5.74, 6) is 0.484. The molecular formula is C17H15FN2O. The van der Waals surface area contributed by atoms with Gasteiger partial charge in [0.25, 0.3) is 0 Å². The highest BCUT2D eigenvalue weighted by Gasteiger charge is 2.12. The number of aldehydes is 1. The minimum Gasteiger partial charge on any atom is -0.328 e. The van der Waals surface area contributed by atoms with Gasteiger partial charge in [0, 0.05) is 18.5 Å². The molecule has 0 fully saturated rings. The fraction of sp³-hybridized carbons (Fsp3) is 0.176. The number of aromatic nitrogens is 2. The van der Waals surface area contributed by atoms with Crippen LogP contribution in [-0.2, 0) is 13.0 Å². The Morgan fingerprint density at radius 1 is 1.24 bits per heavy atom. The predicted molar refractivity (Wildman–Crippen MR) is 80.0 cm³/mol. The van der Waals surface area contributed by atoms with E-state index in [4.69, 9.17) is 0 Å². The zero-order valence-corrected chi connectivity index (χ0v) is 11.7. The average Bonchev–Trinajstić information content (AvgIpc) is 2.86. The molecule has 1 aromatic heterocycles. The smallest absolute Gasteiger partial charge is 0.150 e. The van der Waals surface area contributed by atoms with Crippen molar-refractivity contribution in [3.05, 3.63) is 65.2 Å². The maximum absolute atomic E-state index is 13.2. The lowest BCUT2D eigenvalue weighted by atomic mass is 10.1. The van der Waals surface area contributed by atoms with Crippen molar-refractivity contribution in [2.24, 2.45) is 0 Å². The SMILES string of the molecule is CCn1c(Cc2ccc(F)cc2C=O)nc2ccccc21. The Morgan fingerprint density at radius 3 is 2.81 bits per heavy atom. The minimum absolute atomic E-state index is 0.379. The van der Waals surface area contributed by atoms with Gasteiger partial charge in [-0.25, -0.2) is 9.37 Å². The number of fused-ring (bicyclic) bond motifs is 1. The molecule has 0 amide bonds. The first-order chi connectivity index (χ1) is 10.2. The van der Waals surface area contributed by atoms with Crippen LogP contribution in [0.5, 0.6) is 0 Å². The average molecular weight is 282 g/mol. The van der Waals surface area contributed by atoms with E-state index in [-0.39, 0.29) is 0 Å². The van der Waals surface area contributed by atoms with Crippen molar-refractivity contribution in [1.29, 1.82) is 0 Å². The second-order valence-corrected chi connectivity index (χ2v) is 4.90. The number of carbonyl (C=O) groups is 1. The largest absolute Gasteiger partial charge is 0.328 e. The number of aryl methyl sites for hydroxylation is 1. The predicted octanol–water partition coefficient (Wildman–Crippen LogP) is 3.60. The first-order valence-electron chi connectivity index (χ1n) is 6.90. The van der Waals surface area contributed by atoms with E-state index in [0.717, 1.165) is 29.0 Å². The van der Waals surface area contributed by atoms with E-state index in [2.05, 4.69) is 16.5 Å². The second-order valence-electron chi connectivity index (χ2n) is 4.90. The normalized spacial score (nSPS) is 11.0. The van der Waals surface area contributed by atoms with Crippen molar-refractivity contribution in [2.45, 2.75) is 19.9 Å². The van der Waals surface area contributed by atoms with Gasteiger partial charge >= 0.3 is 0 Å². The Hall–Kier alpha value is -2.49. The van der Waals surface area contributed by atoms with Crippen LogP contribution in [0.1, 0.15) is 28.7 Å². The van der Waals surface area contributed by atoms with Crippen molar-refractivity contribution in [1.82, 2.24) is 9.55 Å². The molecule has 3 rings (SSSR count). The molecule has 3 aromatic rings. The summed E-state index contributed by atoms with van der Waals surface area (Å²) in [4.78, 5) is 15.7. The first-order valence-corrected chi connectivity index (χ1v) is 6.90. The van der Waals surface area contributed by atoms with Crippen LogP contribution in [0.2, 0.25) is 0 Å². The van der Waals surface area contributed by atoms with Gasteiger partial charge in [0.05, 0.1) is 11.0 Å². The molecule has 0 N–H and O–H groups in total. The molecule has 0 spiro atoms. The summed E-state index contributed by atoms with van der Waals surface area (Å²) in [6, 6.07) is 12.2. The van der Waals surface area contributed by atoms with Gasteiger partial charge in [-0.1, -0.05) is 18.2 Å². The topological polar surface area (TPSA) is 34.9 Å². The molecule has 0 radical (unpaired) electrons. The first kappa shape index (κ1) is 13.5. The third-order valence-electron chi connectivity index (χ3n) is 3.63. The maximum atomic E-state index is 13.2. The molecule has 1 heterocycles. The number of nitrogens with zero attached hydrogens (tertiary/aromatic N) is 2. The van der Waals surface area contributed by atoms with Crippen molar-refractivity contribution in [3.8, 4) is 0 Å². The number of halogens is 1. The summed E-state index contributed by atoms with van der Waals surface area (Å²) in [6.07, 6.45) is 1.20. The number of benzene rings is 2. The lowest BCUT2D eigenvalue weighted by Gasteiger charge is -2.08. The molecule has 0 bridgehead atoms. The highest BCUT2D eigenvalue weighted by Crippen LogP contribution is 2.20. The molecule has 0 aliphatic heterocycles. The van der Waals surface area contributed by atoms with Crippen LogP contribution in [0.4, 0.5) is 4.39 Å². The van der Waals surface area contributed by atoms with Crippen LogP contribution in [-0.4, -0.2) is 15.8 Å². The third kappa shape index (κ3) is 2.44. The van der Waals surface area contributed by atoms with Gasteiger partial charge in [-0.2, -0.15) is 0 Å². The van der Waals surface area contributed by atoms with E-state index < -0.39 is 5.82 Å².